The van der Waals surface area contributed by atoms with Crippen molar-refractivity contribution in [2.45, 2.75) is 56.7 Å². The molecule has 3 aromatic rings. The van der Waals surface area contributed by atoms with E-state index in [-0.39, 0.29) is 5.92 Å². The van der Waals surface area contributed by atoms with Gasteiger partial charge in [-0.05, 0) is 44.6 Å². The number of anilines is 1. The van der Waals surface area contributed by atoms with Crippen LogP contribution in [0.3, 0.4) is 0 Å². The highest BCUT2D eigenvalue weighted by Crippen LogP contribution is 2.45. The first-order chi connectivity index (χ1) is 13.5. The van der Waals surface area contributed by atoms with Crippen LogP contribution in [-0.4, -0.2) is 37.8 Å². The van der Waals surface area contributed by atoms with Crippen molar-refractivity contribution >= 4 is 11.3 Å². The largest absolute Gasteiger partial charge is 0.390 e. The lowest BCUT2D eigenvalue weighted by atomic mass is 9.72. The van der Waals surface area contributed by atoms with Crippen LogP contribution in [0.4, 0.5) is 5.82 Å². The Balaban J connectivity index is 1.50. The molecule has 1 aliphatic carbocycles. The zero-order valence-electron chi connectivity index (χ0n) is 16.1. The van der Waals surface area contributed by atoms with Gasteiger partial charge in [0.05, 0.1) is 11.7 Å². The first kappa shape index (κ1) is 17.6. The molecule has 2 aromatic heterocycles. The Morgan fingerprint density at radius 2 is 2.07 bits per heavy atom. The quantitative estimate of drug-likeness (QED) is 0.727. The van der Waals surface area contributed by atoms with Crippen LogP contribution in [0.15, 0.2) is 36.7 Å². The Kier molecular flexibility index (Phi) is 4.14. The number of nitrogen functional groups attached to an aromatic ring is 1. The Morgan fingerprint density at radius 1 is 1.29 bits per heavy atom. The van der Waals surface area contributed by atoms with Crippen molar-refractivity contribution in [1.82, 2.24) is 14.4 Å². The number of aromatic nitrogens is 3. The molecule has 3 N–H and O–H groups in total. The Labute approximate surface area is 164 Å². The van der Waals surface area contributed by atoms with Crippen molar-refractivity contribution in [1.29, 1.82) is 0 Å². The zero-order chi connectivity index (χ0) is 19.3. The third kappa shape index (κ3) is 3.06. The summed E-state index contributed by atoms with van der Waals surface area (Å²) in [6, 6.07) is 8.53. The number of aliphatic hydroxyl groups is 1. The van der Waals surface area contributed by atoms with E-state index in [0.717, 1.165) is 48.5 Å². The SMILES string of the molecule is CC1(O)CC(c2nc(-c3ccc(CC4CCCO4)cc3)c3c(N)nccn23)C1. The lowest BCUT2D eigenvalue weighted by Crippen LogP contribution is -2.40. The zero-order valence-corrected chi connectivity index (χ0v) is 16.1. The monoisotopic (exact) mass is 378 g/mol. The number of benzene rings is 1. The van der Waals surface area contributed by atoms with E-state index in [1.165, 1.54) is 5.56 Å². The van der Waals surface area contributed by atoms with Crippen molar-refractivity contribution in [2.24, 2.45) is 0 Å². The smallest absolute Gasteiger partial charge is 0.150 e. The first-order valence-electron chi connectivity index (χ1n) is 10.1. The molecule has 0 bridgehead atoms. The number of nitrogens with two attached hydrogens (primary N) is 1. The molecule has 1 saturated carbocycles. The summed E-state index contributed by atoms with van der Waals surface area (Å²) in [5.41, 5.74) is 9.64. The molecule has 2 aliphatic rings. The van der Waals surface area contributed by atoms with Crippen LogP contribution in [0.2, 0.25) is 0 Å². The highest BCUT2D eigenvalue weighted by Gasteiger charge is 2.41. The molecule has 0 amide bonds. The van der Waals surface area contributed by atoms with Crippen LogP contribution >= 0.6 is 0 Å². The number of nitrogens with zero attached hydrogens (tertiary/aromatic N) is 3. The summed E-state index contributed by atoms with van der Waals surface area (Å²) < 4.78 is 7.79. The molecule has 0 radical (unpaired) electrons. The van der Waals surface area contributed by atoms with Crippen LogP contribution in [-0.2, 0) is 11.2 Å². The van der Waals surface area contributed by atoms with Crippen molar-refractivity contribution in [3.63, 3.8) is 0 Å². The van der Waals surface area contributed by atoms with Gasteiger partial charge in [-0.3, -0.25) is 4.40 Å². The standard InChI is InChI=1S/C22H26N4O2/c1-22(27)12-16(13-22)21-25-18(19-20(23)24-8-9-26(19)21)15-6-4-14(5-7-15)11-17-3-2-10-28-17/h4-9,16-17,27H,2-3,10-13H2,1H3,(H2,23,24). The summed E-state index contributed by atoms with van der Waals surface area (Å²) >= 11 is 0. The van der Waals surface area contributed by atoms with Crippen molar-refractivity contribution < 1.29 is 9.84 Å². The fourth-order valence-corrected chi connectivity index (χ4v) is 4.63. The van der Waals surface area contributed by atoms with E-state index >= 15 is 0 Å². The first-order valence-corrected chi connectivity index (χ1v) is 10.1. The lowest BCUT2D eigenvalue weighted by molar-refractivity contribution is -0.0335. The summed E-state index contributed by atoms with van der Waals surface area (Å²) in [6.07, 6.45) is 8.65. The minimum absolute atomic E-state index is 0.233. The van der Waals surface area contributed by atoms with E-state index in [1.54, 1.807) is 6.20 Å². The highest BCUT2D eigenvalue weighted by atomic mass is 16.5. The third-order valence-corrected chi connectivity index (χ3v) is 6.06. The van der Waals surface area contributed by atoms with Crippen LogP contribution in [0, 0.1) is 0 Å². The summed E-state index contributed by atoms with van der Waals surface area (Å²) in [4.78, 5) is 9.22. The molecule has 3 heterocycles. The lowest BCUT2D eigenvalue weighted by Gasteiger charge is -2.40. The van der Waals surface area contributed by atoms with E-state index in [9.17, 15) is 5.11 Å². The predicted molar refractivity (Wildman–Crippen MR) is 108 cm³/mol. The fourth-order valence-electron chi connectivity index (χ4n) is 4.63. The van der Waals surface area contributed by atoms with E-state index in [1.807, 2.05) is 17.5 Å². The van der Waals surface area contributed by atoms with Crippen molar-refractivity contribution in [3.05, 3.63) is 48.0 Å². The van der Waals surface area contributed by atoms with Gasteiger partial charge in [0.2, 0.25) is 0 Å². The van der Waals surface area contributed by atoms with E-state index in [0.29, 0.717) is 24.8 Å². The van der Waals surface area contributed by atoms with Gasteiger partial charge in [-0.15, -0.1) is 0 Å². The van der Waals surface area contributed by atoms with Crippen molar-refractivity contribution in [3.8, 4) is 11.3 Å². The molecular formula is C22H26N4O2. The number of ether oxygens (including phenoxy) is 1. The molecule has 1 unspecified atom stereocenters. The summed E-state index contributed by atoms with van der Waals surface area (Å²) in [6.45, 7) is 2.76. The van der Waals surface area contributed by atoms with Gasteiger partial charge in [-0.1, -0.05) is 24.3 Å². The van der Waals surface area contributed by atoms with Gasteiger partial charge in [0, 0.05) is 30.5 Å². The maximum Gasteiger partial charge on any atom is 0.150 e. The van der Waals surface area contributed by atoms with Gasteiger partial charge < -0.3 is 15.6 Å². The topological polar surface area (TPSA) is 85.7 Å². The second-order valence-corrected chi connectivity index (χ2v) is 8.49. The predicted octanol–water partition coefficient (Wildman–Crippen LogP) is 3.33. The van der Waals surface area contributed by atoms with Crippen LogP contribution in [0.5, 0.6) is 0 Å². The van der Waals surface area contributed by atoms with E-state index in [4.69, 9.17) is 15.5 Å². The van der Waals surface area contributed by atoms with Gasteiger partial charge in [-0.2, -0.15) is 0 Å². The summed E-state index contributed by atoms with van der Waals surface area (Å²) in [7, 11) is 0. The molecular weight excluding hydrogens is 352 g/mol. The molecule has 1 aliphatic heterocycles. The molecule has 6 heteroatoms. The van der Waals surface area contributed by atoms with Gasteiger partial charge in [0.25, 0.3) is 0 Å². The second kappa shape index (κ2) is 6.57. The number of hydrogen-bond acceptors (Lipinski definition) is 5. The number of imidazole rings is 1. The Morgan fingerprint density at radius 3 is 2.75 bits per heavy atom. The molecule has 0 spiro atoms. The number of fused-ring (bicyclic) bond motifs is 1. The molecule has 28 heavy (non-hydrogen) atoms. The molecule has 146 valence electrons. The average molecular weight is 378 g/mol. The minimum Gasteiger partial charge on any atom is -0.390 e. The summed E-state index contributed by atoms with van der Waals surface area (Å²) in [5.74, 6) is 1.66. The molecule has 1 atom stereocenters. The molecule has 1 saturated heterocycles. The van der Waals surface area contributed by atoms with Crippen LogP contribution in [0.1, 0.15) is 49.9 Å². The minimum atomic E-state index is -0.598. The molecule has 1 aromatic carbocycles. The van der Waals surface area contributed by atoms with E-state index < -0.39 is 5.60 Å². The van der Waals surface area contributed by atoms with Gasteiger partial charge in [-0.25, -0.2) is 9.97 Å². The van der Waals surface area contributed by atoms with Gasteiger partial charge in [0.1, 0.15) is 22.9 Å². The molecule has 6 nitrogen and oxygen atoms in total. The van der Waals surface area contributed by atoms with Crippen LogP contribution in [0.25, 0.3) is 16.8 Å². The van der Waals surface area contributed by atoms with Crippen LogP contribution < -0.4 is 5.73 Å². The maximum absolute atomic E-state index is 10.2. The average Bonchev–Trinajstić information content (AvgIpc) is 3.29. The maximum atomic E-state index is 10.2. The molecule has 2 fully saturated rings. The number of rotatable bonds is 4. The van der Waals surface area contributed by atoms with Gasteiger partial charge >= 0.3 is 0 Å². The summed E-state index contributed by atoms with van der Waals surface area (Å²) in [5, 5.41) is 10.2. The third-order valence-electron chi connectivity index (χ3n) is 6.06. The fraction of sp³-hybridized carbons (Fsp3) is 0.455. The Bertz CT molecular complexity index is 995. The Hall–Kier alpha value is -2.44. The second-order valence-electron chi connectivity index (χ2n) is 8.49. The normalized spacial score (nSPS) is 27.2. The van der Waals surface area contributed by atoms with E-state index in [2.05, 4.69) is 29.2 Å². The highest BCUT2D eigenvalue weighted by molar-refractivity contribution is 5.85. The molecule has 5 rings (SSSR count). The van der Waals surface area contributed by atoms with Gasteiger partial charge in [0.15, 0.2) is 0 Å². The van der Waals surface area contributed by atoms with Crippen molar-refractivity contribution in [2.75, 3.05) is 12.3 Å². The number of hydrogen-bond donors (Lipinski definition) is 2.